The molecule has 1 rings (SSSR count). The number of amides is 1. The molecule has 6 nitrogen and oxygen atoms in total. The SMILES string of the molecule is CC(c1cccc([N+](=O)[O-])c1)N(C)C(=O)OC(C)(C)C. The van der Waals surface area contributed by atoms with E-state index in [1.807, 2.05) is 0 Å². The van der Waals surface area contributed by atoms with E-state index >= 15 is 0 Å². The molecule has 0 aliphatic carbocycles. The van der Waals surface area contributed by atoms with E-state index in [1.165, 1.54) is 17.0 Å². The first-order valence-electron chi connectivity index (χ1n) is 6.32. The van der Waals surface area contributed by atoms with Gasteiger partial charge in [0, 0.05) is 19.2 Å². The van der Waals surface area contributed by atoms with E-state index in [2.05, 4.69) is 0 Å². The molecule has 0 aliphatic rings. The standard InChI is InChI=1S/C14H20N2O4/c1-10(15(5)13(17)20-14(2,3)4)11-7-6-8-12(9-11)16(18)19/h6-10H,1-5H3. The number of rotatable bonds is 3. The molecule has 0 heterocycles. The van der Waals surface area contributed by atoms with Crippen LogP contribution in [0.5, 0.6) is 0 Å². The van der Waals surface area contributed by atoms with Crippen LogP contribution in [-0.2, 0) is 4.74 Å². The first-order valence-corrected chi connectivity index (χ1v) is 6.32. The second kappa shape index (κ2) is 5.90. The van der Waals surface area contributed by atoms with Crippen LogP contribution in [0.1, 0.15) is 39.3 Å². The summed E-state index contributed by atoms with van der Waals surface area (Å²) in [6.45, 7) is 7.16. The third-order valence-electron chi connectivity index (χ3n) is 2.83. The topological polar surface area (TPSA) is 72.7 Å². The highest BCUT2D eigenvalue weighted by Crippen LogP contribution is 2.24. The van der Waals surface area contributed by atoms with Crippen LogP contribution in [0.4, 0.5) is 10.5 Å². The number of benzene rings is 1. The number of hydrogen-bond donors (Lipinski definition) is 0. The molecule has 1 unspecified atom stereocenters. The summed E-state index contributed by atoms with van der Waals surface area (Å²) in [5.74, 6) is 0. The highest BCUT2D eigenvalue weighted by Gasteiger charge is 2.24. The van der Waals surface area contributed by atoms with Crippen molar-refractivity contribution in [3.05, 3.63) is 39.9 Å². The molecule has 0 saturated carbocycles. The van der Waals surface area contributed by atoms with Gasteiger partial charge in [0.1, 0.15) is 5.60 Å². The quantitative estimate of drug-likeness (QED) is 0.627. The Hall–Kier alpha value is -2.11. The van der Waals surface area contributed by atoms with Crippen LogP contribution in [0, 0.1) is 10.1 Å². The molecule has 1 atom stereocenters. The van der Waals surface area contributed by atoms with Crippen molar-refractivity contribution >= 4 is 11.8 Å². The molecule has 0 fully saturated rings. The Balaban J connectivity index is 2.88. The fourth-order valence-electron chi connectivity index (χ4n) is 1.61. The summed E-state index contributed by atoms with van der Waals surface area (Å²) in [5, 5.41) is 10.8. The minimum absolute atomic E-state index is 0.00642. The Morgan fingerprint density at radius 1 is 1.40 bits per heavy atom. The molecule has 1 aromatic carbocycles. The van der Waals surface area contributed by atoms with Crippen molar-refractivity contribution in [3.8, 4) is 0 Å². The minimum Gasteiger partial charge on any atom is -0.444 e. The zero-order valence-corrected chi connectivity index (χ0v) is 12.4. The van der Waals surface area contributed by atoms with Crippen LogP contribution >= 0.6 is 0 Å². The predicted octanol–water partition coefficient (Wildman–Crippen LogP) is 3.52. The molecule has 0 aliphatic heterocycles. The van der Waals surface area contributed by atoms with Crippen LogP contribution in [0.25, 0.3) is 0 Å². The molecular formula is C14H20N2O4. The van der Waals surface area contributed by atoms with Crippen LogP contribution in [0.15, 0.2) is 24.3 Å². The highest BCUT2D eigenvalue weighted by atomic mass is 16.6. The fraction of sp³-hybridized carbons (Fsp3) is 0.500. The first kappa shape index (κ1) is 15.9. The van der Waals surface area contributed by atoms with Gasteiger partial charge in [-0.1, -0.05) is 12.1 Å². The van der Waals surface area contributed by atoms with Crippen molar-refractivity contribution in [1.82, 2.24) is 4.90 Å². The van der Waals surface area contributed by atoms with E-state index in [0.717, 1.165) is 0 Å². The van der Waals surface area contributed by atoms with Gasteiger partial charge < -0.3 is 9.64 Å². The molecule has 1 amide bonds. The number of hydrogen-bond acceptors (Lipinski definition) is 4. The lowest BCUT2D eigenvalue weighted by Crippen LogP contribution is -2.35. The average Bonchev–Trinajstić information content (AvgIpc) is 2.35. The third-order valence-corrected chi connectivity index (χ3v) is 2.83. The van der Waals surface area contributed by atoms with Crippen molar-refractivity contribution in [1.29, 1.82) is 0 Å². The monoisotopic (exact) mass is 280 g/mol. The summed E-state index contributed by atoms with van der Waals surface area (Å²) < 4.78 is 5.27. The Labute approximate surface area is 118 Å². The maximum absolute atomic E-state index is 12.0. The molecule has 0 spiro atoms. The summed E-state index contributed by atoms with van der Waals surface area (Å²) >= 11 is 0. The molecule has 0 N–H and O–H groups in total. The molecule has 1 aromatic rings. The number of nitro groups is 1. The van der Waals surface area contributed by atoms with Crippen LogP contribution < -0.4 is 0 Å². The largest absolute Gasteiger partial charge is 0.444 e. The van der Waals surface area contributed by atoms with Crippen LogP contribution in [0.2, 0.25) is 0 Å². The van der Waals surface area contributed by atoms with Gasteiger partial charge in [-0.3, -0.25) is 10.1 Å². The van der Waals surface area contributed by atoms with Gasteiger partial charge >= 0.3 is 6.09 Å². The van der Waals surface area contributed by atoms with Gasteiger partial charge in [-0.15, -0.1) is 0 Å². The van der Waals surface area contributed by atoms with Crippen molar-refractivity contribution < 1.29 is 14.5 Å². The van der Waals surface area contributed by atoms with Crippen molar-refractivity contribution in [2.45, 2.75) is 39.3 Å². The molecule has 20 heavy (non-hydrogen) atoms. The number of non-ortho nitro benzene ring substituents is 1. The van der Waals surface area contributed by atoms with E-state index in [-0.39, 0.29) is 11.7 Å². The lowest BCUT2D eigenvalue weighted by atomic mass is 10.1. The van der Waals surface area contributed by atoms with E-state index < -0.39 is 16.6 Å². The van der Waals surface area contributed by atoms with Crippen LogP contribution in [0.3, 0.4) is 0 Å². The molecule has 0 bridgehead atoms. The zero-order chi connectivity index (χ0) is 15.5. The fourth-order valence-corrected chi connectivity index (χ4v) is 1.61. The van der Waals surface area contributed by atoms with Crippen molar-refractivity contribution in [2.75, 3.05) is 7.05 Å². The van der Waals surface area contributed by atoms with E-state index in [4.69, 9.17) is 4.74 Å². The lowest BCUT2D eigenvalue weighted by Gasteiger charge is -2.28. The van der Waals surface area contributed by atoms with Gasteiger partial charge in [0.25, 0.3) is 5.69 Å². The molecule has 110 valence electrons. The van der Waals surface area contributed by atoms with E-state index in [9.17, 15) is 14.9 Å². The predicted molar refractivity (Wildman–Crippen MR) is 75.5 cm³/mol. The third kappa shape index (κ3) is 4.22. The molecule has 6 heteroatoms. The van der Waals surface area contributed by atoms with E-state index in [0.29, 0.717) is 5.56 Å². The number of nitrogens with zero attached hydrogens (tertiary/aromatic N) is 2. The highest BCUT2D eigenvalue weighted by molar-refractivity contribution is 5.68. The van der Waals surface area contributed by atoms with Gasteiger partial charge in [-0.25, -0.2) is 4.79 Å². The molecule has 0 aromatic heterocycles. The van der Waals surface area contributed by atoms with Gasteiger partial charge in [0.05, 0.1) is 11.0 Å². The number of nitro benzene ring substituents is 1. The lowest BCUT2D eigenvalue weighted by molar-refractivity contribution is -0.384. The van der Waals surface area contributed by atoms with Gasteiger partial charge in [-0.05, 0) is 33.3 Å². The minimum atomic E-state index is -0.576. The number of carbonyl (C=O) groups is 1. The normalized spacial score (nSPS) is 12.7. The number of ether oxygens (including phenoxy) is 1. The van der Waals surface area contributed by atoms with Crippen LogP contribution in [-0.4, -0.2) is 28.6 Å². The van der Waals surface area contributed by atoms with E-state index in [1.54, 1.807) is 46.9 Å². The molecular weight excluding hydrogens is 260 g/mol. The van der Waals surface area contributed by atoms with Gasteiger partial charge in [-0.2, -0.15) is 0 Å². The maximum atomic E-state index is 12.0. The average molecular weight is 280 g/mol. The van der Waals surface area contributed by atoms with Gasteiger partial charge in [0.15, 0.2) is 0 Å². The summed E-state index contributed by atoms with van der Waals surface area (Å²) in [5.41, 5.74) is 0.118. The second-order valence-electron chi connectivity index (χ2n) is 5.62. The maximum Gasteiger partial charge on any atom is 0.410 e. The summed E-state index contributed by atoms with van der Waals surface area (Å²) in [7, 11) is 1.61. The molecule has 0 radical (unpaired) electrons. The Morgan fingerprint density at radius 2 is 2.00 bits per heavy atom. The smallest absolute Gasteiger partial charge is 0.410 e. The summed E-state index contributed by atoms with van der Waals surface area (Å²) in [4.78, 5) is 23.7. The first-order chi connectivity index (χ1) is 9.11. The van der Waals surface area contributed by atoms with Crippen molar-refractivity contribution in [3.63, 3.8) is 0 Å². The zero-order valence-electron chi connectivity index (χ0n) is 12.4. The Morgan fingerprint density at radius 3 is 2.50 bits per heavy atom. The summed E-state index contributed by atoms with van der Waals surface area (Å²) in [6.07, 6.45) is -0.462. The Bertz CT molecular complexity index is 508. The van der Waals surface area contributed by atoms with Gasteiger partial charge in [0.2, 0.25) is 0 Å². The number of carbonyl (C=O) groups excluding carboxylic acids is 1. The Kier molecular flexibility index (Phi) is 4.70. The molecule has 0 saturated heterocycles. The van der Waals surface area contributed by atoms with Crippen molar-refractivity contribution in [2.24, 2.45) is 0 Å². The summed E-state index contributed by atoms with van der Waals surface area (Å²) in [6, 6.07) is 5.92. The second-order valence-corrected chi connectivity index (χ2v) is 5.62.